The van der Waals surface area contributed by atoms with Crippen LogP contribution in [-0.4, -0.2) is 20.2 Å². The SMILES string of the molecule is CC(C)(C)[S@@](=O)N=Cc1cccc(Br)n1. The standard InChI is InChI=1S/C10H13BrN2OS/c1-10(2,3)15(14)12-7-8-5-4-6-9(11)13-8/h4-7H,1-3H3/t15-/m1/s1. The van der Waals surface area contributed by atoms with Crippen LogP contribution in [0.3, 0.4) is 0 Å². The minimum atomic E-state index is -1.23. The first-order valence-corrected chi connectivity index (χ1v) is 6.38. The lowest BCUT2D eigenvalue weighted by Gasteiger charge is -2.12. The average Bonchev–Trinajstić information content (AvgIpc) is 2.12. The summed E-state index contributed by atoms with van der Waals surface area (Å²) in [6.45, 7) is 5.65. The molecule has 0 aliphatic carbocycles. The number of rotatable bonds is 2. The summed E-state index contributed by atoms with van der Waals surface area (Å²) >= 11 is 3.26. The van der Waals surface area contributed by atoms with Crippen LogP contribution in [0, 0.1) is 0 Å². The minimum absolute atomic E-state index is 0.331. The Hall–Kier alpha value is -0.550. The third-order valence-corrected chi connectivity index (χ3v) is 3.33. The second-order valence-corrected chi connectivity index (χ2v) is 6.73. The fourth-order valence-corrected chi connectivity index (χ4v) is 1.63. The number of halogens is 1. The van der Waals surface area contributed by atoms with E-state index < -0.39 is 11.0 Å². The normalized spacial score (nSPS) is 14.4. The molecule has 0 aromatic carbocycles. The van der Waals surface area contributed by atoms with Gasteiger partial charge in [0.05, 0.1) is 16.7 Å². The molecule has 0 amide bonds. The molecule has 0 saturated carbocycles. The molecule has 1 rings (SSSR count). The van der Waals surface area contributed by atoms with Gasteiger partial charge in [0.2, 0.25) is 0 Å². The van der Waals surface area contributed by atoms with Gasteiger partial charge in [0.1, 0.15) is 15.6 Å². The Kier molecular flexibility index (Phi) is 4.16. The molecular formula is C10H13BrN2OS. The van der Waals surface area contributed by atoms with Crippen LogP contribution in [0.2, 0.25) is 0 Å². The molecule has 82 valence electrons. The maximum absolute atomic E-state index is 11.6. The van der Waals surface area contributed by atoms with E-state index >= 15 is 0 Å². The quantitative estimate of drug-likeness (QED) is 0.620. The van der Waals surface area contributed by atoms with E-state index in [9.17, 15) is 4.21 Å². The topological polar surface area (TPSA) is 42.3 Å². The number of pyridine rings is 1. The molecule has 1 heterocycles. The van der Waals surface area contributed by atoms with Crippen molar-refractivity contribution in [1.82, 2.24) is 4.98 Å². The van der Waals surface area contributed by atoms with Gasteiger partial charge in [-0.3, -0.25) is 0 Å². The van der Waals surface area contributed by atoms with E-state index in [4.69, 9.17) is 0 Å². The monoisotopic (exact) mass is 288 g/mol. The summed E-state index contributed by atoms with van der Waals surface area (Å²) in [5.41, 5.74) is 0.696. The predicted molar refractivity (Wildman–Crippen MR) is 67.4 cm³/mol. The zero-order valence-electron chi connectivity index (χ0n) is 8.90. The molecule has 0 fully saturated rings. The van der Waals surface area contributed by atoms with Crippen LogP contribution in [0.15, 0.2) is 27.2 Å². The van der Waals surface area contributed by atoms with Gasteiger partial charge >= 0.3 is 0 Å². The van der Waals surface area contributed by atoms with E-state index in [-0.39, 0.29) is 4.75 Å². The summed E-state index contributed by atoms with van der Waals surface area (Å²) in [6.07, 6.45) is 1.53. The first-order valence-electron chi connectivity index (χ1n) is 4.48. The molecule has 0 aliphatic heterocycles. The first-order chi connectivity index (χ1) is 6.89. The fraction of sp³-hybridized carbons (Fsp3) is 0.400. The summed E-state index contributed by atoms with van der Waals surface area (Å²) in [4.78, 5) is 4.16. The maximum atomic E-state index is 11.6. The molecule has 1 aromatic heterocycles. The summed E-state index contributed by atoms with van der Waals surface area (Å²) in [5, 5.41) is 0. The number of nitrogens with zero attached hydrogens (tertiary/aromatic N) is 2. The Balaban J connectivity index is 2.79. The third kappa shape index (κ3) is 4.22. The second-order valence-electron chi connectivity index (χ2n) is 3.98. The van der Waals surface area contributed by atoms with Crippen molar-refractivity contribution in [3.05, 3.63) is 28.5 Å². The van der Waals surface area contributed by atoms with E-state index in [1.807, 2.05) is 39.0 Å². The van der Waals surface area contributed by atoms with E-state index in [0.29, 0.717) is 5.69 Å². The van der Waals surface area contributed by atoms with Crippen LogP contribution >= 0.6 is 15.9 Å². The van der Waals surface area contributed by atoms with Crippen molar-refractivity contribution in [2.45, 2.75) is 25.5 Å². The van der Waals surface area contributed by atoms with Crippen LogP contribution in [0.4, 0.5) is 0 Å². The zero-order valence-corrected chi connectivity index (χ0v) is 11.3. The average molecular weight is 289 g/mol. The molecule has 0 N–H and O–H groups in total. The van der Waals surface area contributed by atoms with Crippen LogP contribution in [0.5, 0.6) is 0 Å². The van der Waals surface area contributed by atoms with Crippen LogP contribution in [0.25, 0.3) is 0 Å². The van der Waals surface area contributed by atoms with Crippen LogP contribution < -0.4 is 0 Å². The molecule has 5 heteroatoms. The molecule has 0 aliphatic rings. The van der Waals surface area contributed by atoms with Gasteiger partial charge in [-0.15, -0.1) is 0 Å². The molecule has 1 atom stereocenters. The molecule has 0 bridgehead atoms. The predicted octanol–water partition coefficient (Wildman–Crippen LogP) is 2.73. The summed E-state index contributed by atoms with van der Waals surface area (Å²) < 4.78 is 16.0. The third-order valence-electron chi connectivity index (χ3n) is 1.54. The van der Waals surface area contributed by atoms with Gasteiger partial charge in [-0.1, -0.05) is 6.07 Å². The van der Waals surface area contributed by atoms with Crippen LogP contribution in [0.1, 0.15) is 26.5 Å². The second kappa shape index (κ2) is 4.99. The Morgan fingerprint density at radius 2 is 2.13 bits per heavy atom. The molecule has 3 nitrogen and oxygen atoms in total. The Bertz CT molecular complexity index is 399. The highest BCUT2D eigenvalue weighted by atomic mass is 79.9. The number of hydrogen-bond donors (Lipinski definition) is 0. The molecular weight excluding hydrogens is 276 g/mol. The summed E-state index contributed by atoms with van der Waals surface area (Å²) in [7, 11) is -1.23. The Morgan fingerprint density at radius 3 is 2.67 bits per heavy atom. The molecule has 0 radical (unpaired) electrons. The minimum Gasteiger partial charge on any atom is -0.240 e. The van der Waals surface area contributed by atoms with Gasteiger partial charge in [-0.25, -0.2) is 9.19 Å². The molecule has 0 spiro atoms. The van der Waals surface area contributed by atoms with Crippen molar-refractivity contribution in [2.75, 3.05) is 0 Å². The highest BCUT2D eigenvalue weighted by Crippen LogP contribution is 2.12. The number of aromatic nitrogens is 1. The Labute approximate surface area is 101 Å². The zero-order chi connectivity index (χ0) is 11.5. The van der Waals surface area contributed by atoms with Gasteiger partial charge in [0.15, 0.2) is 0 Å². The van der Waals surface area contributed by atoms with E-state index in [1.54, 1.807) is 0 Å². The summed E-state index contributed by atoms with van der Waals surface area (Å²) in [6, 6.07) is 5.50. The summed E-state index contributed by atoms with van der Waals surface area (Å²) in [5.74, 6) is 0. The van der Waals surface area contributed by atoms with E-state index in [1.165, 1.54) is 6.21 Å². The molecule has 0 unspecified atom stereocenters. The highest BCUT2D eigenvalue weighted by molar-refractivity contribution is 9.10. The number of hydrogen-bond acceptors (Lipinski definition) is 2. The van der Waals surface area contributed by atoms with Gasteiger partial charge in [0.25, 0.3) is 0 Å². The molecule has 0 saturated heterocycles. The lowest BCUT2D eigenvalue weighted by Crippen LogP contribution is -2.19. The van der Waals surface area contributed by atoms with Gasteiger partial charge in [-0.05, 0) is 48.8 Å². The van der Waals surface area contributed by atoms with E-state index in [0.717, 1.165) is 4.60 Å². The largest absolute Gasteiger partial charge is 0.240 e. The van der Waals surface area contributed by atoms with Crippen molar-refractivity contribution in [3.8, 4) is 0 Å². The molecule has 15 heavy (non-hydrogen) atoms. The highest BCUT2D eigenvalue weighted by Gasteiger charge is 2.18. The Morgan fingerprint density at radius 1 is 1.47 bits per heavy atom. The van der Waals surface area contributed by atoms with Crippen LogP contribution in [-0.2, 0) is 11.0 Å². The van der Waals surface area contributed by atoms with Crippen molar-refractivity contribution < 1.29 is 4.21 Å². The van der Waals surface area contributed by atoms with E-state index in [2.05, 4.69) is 25.3 Å². The fourth-order valence-electron chi connectivity index (χ4n) is 0.756. The maximum Gasteiger partial charge on any atom is 0.144 e. The van der Waals surface area contributed by atoms with Gasteiger partial charge in [0, 0.05) is 0 Å². The lowest BCUT2D eigenvalue weighted by atomic mass is 10.3. The smallest absolute Gasteiger partial charge is 0.144 e. The first kappa shape index (κ1) is 12.5. The lowest BCUT2D eigenvalue weighted by molar-refractivity contribution is 0.651. The van der Waals surface area contributed by atoms with Crippen molar-refractivity contribution in [1.29, 1.82) is 0 Å². The van der Waals surface area contributed by atoms with Crippen molar-refractivity contribution in [3.63, 3.8) is 0 Å². The van der Waals surface area contributed by atoms with Crippen molar-refractivity contribution in [2.24, 2.45) is 4.40 Å². The van der Waals surface area contributed by atoms with Crippen molar-refractivity contribution >= 4 is 33.1 Å². The molecule has 1 aromatic rings. The van der Waals surface area contributed by atoms with Gasteiger partial charge in [-0.2, -0.15) is 4.40 Å². The van der Waals surface area contributed by atoms with Gasteiger partial charge < -0.3 is 0 Å².